The Kier molecular flexibility index (Phi) is 15.6. The summed E-state index contributed by atoms with van der Waals surface area (Å²) in [5, 5.41) is 5.97. The highest BCUT2D eigenvalue weighted by molar-refractivity contribution is 9.35. The van der Waals surface area contributed by atoms with E-state index >= 15 is 0 Å². The van der Waals surface area contributed by atoms with Gasteiger partial charge in [0.05, 0.1) is 17.2 Å². The van der Waals surface area contributed by atoms with E-state index in [9.17, 15) is 0 Å². The van der Waals surface area contributed by atoms with E-state index in [4.69, 9.17) is 0 Å². The van der Waals surface area contributed by atoms with Gasteiger partial charge in [0.15, 0.2) is 0 Å². The topological polar surface area (TPSA) is 24.7 Å². The average Bonchev–Trinajstić information content (AvgIpc) is 2.56. The smallest absolute Gasteiger partial charge is 0.0799 e. The molecule has 120 valence electrons. The van der Waals surface area contributed by atoms with Crippen molar-refractivity contribution in [3.63, 3.8) is 0 Å². The molecule has 0 radical (unpaired) electrons. The summed E-state index contributed by atoms with van der Waals surface area (Å²) in [5.74, 6) is 0. The van der Waals surface area contributed by atoms with Crippen LogP contribution in [0.5, 0.6) is 0 Å². The summed E-state index contributed by atoms with van der Waals surface area (Å²) in [6.45, 7) is 0. The highest BCUT2D eigenvalue weighted by Crippen LogP contribution is 2.49. The van der Waals surface area contributed by atoms with Crippen molar-refractivity contribution in [3.8, 4) is 0 Å². The molecule has 1 aliphatic rings. The summed E-state index contributed by atoms with van der Waals surface area (Å²) in [7, 11) is 7.97. The Hall–Kier alpha value is -0.730. The van der Waals surface area contributed by atoms with Crippen molar-refractivity contribution < 1.29 is 0 Å². The molecule has 0 atom stereocenters. The average molecular weight is 397 g/mol. The van der Waals surface area contributed by atoms with Crippen LogP contribution in [0.1, 0.15) is 0 Å². The highest BCUT2D eigenvalue weighted by atomic mass is 33.8. The molecule has 0 aromatic rings. The first-order chi connectivity index (χ1) is 11.5. The first-order valence-corrected chi connectivity index (χ1v) is 12.7. The predicted molar refractivity (Wildman–Crippen MR) is 116 cm³/mol. The number of rotatable bonds is 0. The molecule has 0 aromatic carbocycles. The van der Waals surface area contributed by atoms with Crippen molar-refractivity contribution in [3.05, 3.63) is 96.7 Å². The molecule has 1 rings (SSSR count). The molecular weight excluding hydrogens is 381 g/mol. The molecule has 0 unspecified atom stereocenters. The van der Waals surface area contributed by atoms with Gasteiger partial charge in [-0.3, -0.25) is 0 Å². The zero-order chi connectivity index (χ0) is 16.3. The Morgan fingerprint density at radius 3 is 1.61 bits per heavy atom. The Morgan fingerprint density at radius 2 is 1.00 bits per heavy atom. The molecule has 0 amide bonds. The molecule has 2 nitrogen and oxygen atoms in total. The maximum Gasteiger partial charge on any atom is 0.0799 e. The third-order valence-corrected chi connectivity index (χ3v) is 9.16. The van der Waals surface area contributed by atoms with Gasteiger partial charge in [0.1, 0.15) is 0 Å². The fourth-order valence-corrected chi connectivity index (χ4v) is 7.58. The van der Waals surface area contributed by atoms with Gasteiger partial charge in [-0.05, 0) is 21.3 Å². The lowest BCUT2D eigenvalue weighted by Crippen LogP contribution is -1.53. The summed E-state index contributed by atoms with van der Waals surface area (Å²) in [6.07, 6.45) is 29.3. The normalized spacial score (nSPS) is 28.9. The number of allylic oxidation sites excluding steroid dienone is 14. The van der Waals surface area contributed by atoms with Crippen LogP contribution < -0.4 is 0 Å². The standard InChI is InChI=1S/C16H16N2S5/c1-2-4-6-8-10-12-14-16-19-21-23-22-20-18-17-15-13-11-9-7-5-3-1/h1-16H/b3-1-,4-2-,7-5-,8-6-,11-9-,12-10-,15-13-,16-14-,18-17?. The van der Waals surface area contributed by atoms with Crippen LogP contribution in [0.3, 0.4) is 0 Å². The van der Waals surface area contributed by atoms with Gasteiger partial charge < -0.3 is 0 Å². The minimum absolute atomic E-state index is 1.36. The van der Waals surface area contributed by atoms with Gasteiger partial charge in [-0.15, -0.1) is 4.52 Å². The third-order valence-electron chi connectivity index (χ3n) is 1.94. The van der Waals surface area contributed by atoms with E-state index in [2.05, 4.69) is 9.63 Å². The Morgan fingerprint density at radius 1 is 0.478 bits per heavy atom. The second kappa shape index (κ2) is 17.6. The summed E-state index contributed by atoms with van der Waals surface area (Å²) in [4.78, 5) is 0. The molecular formula is C16H16N2S5. The fraction of sp³-hybridized carbons (Fsp3) is 0. The Labute approximate surface area is 156 Å². The van der Waals surface area contributed by atoms with E-state index < -0.39 is 0 Å². The van der Waals surface area contributed by atoms with Gasteiger partial charge in [-0.25, -0.2) is 0 Å². The molecule has 0 fully saturated rings. The van der Waals surface area contributed by atoms with Crippen LogP contribution in [-0.2, 0) is 0 Å². The Balaban J connectivity index is 2.50. The Bertz CT molecular complexity index is 507. The summed E-state index contributed by atoms with van der Waals surface area (Å²) >= 11 is 0. The van der Waals surface area contributed by atoms with Gasteiger partial charge in [-0.2, -0.15) is 5.11 Å². The minimum atomic E-state index is 1.36. The lowest BCUT2D eigenvalue weighted by Gasteiger charge is -1.90. The van der Waals surface area contributed by atoms with Crippen molar-refractivity contribution in [2.45, 2.75) is 0 Å². The van der Waals surface area contributed by atoms with Gasteiger partial charge in [0.25, 0.3) is 0 Å². The van der Waals surface area contributed by atoms with Crippen molar-refractivity contribution in [2.24, 2.45) is 9.63 Å². The van der Waals surface area contributed by atoms with E-state index in [1.54, 1.807) is 46.5 Å². The quantitative estimate of drug-likeness (QED) is 0.304. The van der Waals surface area contributed by atoms with Gasteiger partial charge in [0, 0.05) is 19.7 Å². The molecule has 0 N–H and O–H groups in total. The van der Waals surface area contributed by atoms with Crippen molar-refractivity contribution >= 4 is 51.3 Å². The predicted octanol–water partition coefficient (Wildman–Crippen LogP) is 8.06. The monoisotopic (exact) mass is 396 g/mol. The lowest BCUT2D eigenvalue weighted by molar-refractivity contribution is 1.35. The van der Waals surface area contributed by atoms with E-state index in [1.807, 2.05) is 90.5 Å². The third kappa shape index (κ3) is 15.9. The second-order valence-corrected chi connectivity index (χ2v) is 10.7. The molecule has 7 heteroatoms. The summed E-state index contributed by atoms with van der Waals surface area (Å²) in [5.41, 5.74) is 0. The van der Waals surface area contributed by atoms with E-state index in [0.717, 1.165) is 0 Å². The van der Waals surface area contributed by atoms with Crippen molar-refractivity contribution in [2.75, 3.05) is 0 Å². The van der Waals surface area contributed by atoms with Crippen LogP contribution >= 0.6 is 51.3 Å². The van der Waals surface area contributed by atoms with Crippen LogP contribution in [0.15, 0.2) is 106 Å². The number of hydrogen-bond donors (Lipinski definition) is 0. The first-order valence-electron chi connectivity index (χ1n) is 6.54. The van der Waals surface area contributed by atoms with E-state index in [1.165, 1.54) is 11.0 Å². The van der Waals surface area contributed by atoms with Crippen molar-refractivity contribution in [1.82, 2.24) is 0 Å². The van der Waals surface area contributed by atoms with Crippen molar-refractivity contribution in [1.29, 1.82) is 0 Å². The van der Waals surface area contributed by atoms with Crippen LogP contribution in [0.4, 0.5) is 0 Å². The molecule has 0 spiro atoms. The second-order valence-electron chi connectivity index (χ2n) is 3.55. The zero-order valence-corrected chi connectivity index (χ0v) is 16.3. The molecule has 1 aliphatic heterocycles. The molecule has 0 saturated heterocycles. The SMILES string of the molecule is C1=C\C=C/C=C\C=C/N=NSSSSS/C=C\C=C/C=C\C=C/1. The minimum Gasteiger partial charge on any atom is -0.151 e. The van der Waals surface area contributed by atoms with Gasteiger partial charge in [-0.1, -0.05) is 89.8 Å². The molecule has 23 heavy (non-hydrogen) atoms. The van der Waals surface area contributed by atoms with E-state index in [-0.39, 0.29) is 0 Å². The van der Waals surface area contributed by atoms with Crippen LogP contribution in [-0.4, -0.2) is 0 Å². The van der Waals surface area contributed by atoms with Crippen LogP contribution in [0.25, 0.3) is 0 Å². The lowest BCUT2D eigenvalue weighted by atomic mass is 10.3. The molecule has 1 heterocycles. The van der Waals surface area contributed by atoms with Crippen LogP contribution in [0, 0.1) is 0 Å². The van der Waals surface area contributed by atoms with E-state index in [0.29, 0.717) is 0 Å². The maximum atomic E-state index is 3.96. The summed E-state index contributed by atoms with van der Waals surface area (Å²) < 4.78 is 3.96. The fourth-order valence-electron chi connectivity index (χ4n) is 1.06. The highest BCUT2D eigenvalue weighted by Gasteiger charge is 1.89. The molecule has 0 saturated carbocycles. The van der Waals surface area contributed by atoms with Gasteiger partial charge >= 0.3 is 0 Å². The molecule has 0 bridgehead atoms. The summed E-state index contributed by atoms with van der Waals surface area (Å²) in [6, 6.07) is 0. The zero-order valence-electron chi connectivity index (χ0n) is 12.2. The first kappa shape index (κ1) is 20.3. The van der Waals surface area contributed by atoms with Gasteiger partial charge in [0.2, 0.25) is 0 Å². The molecule has 0 aliphatic carbocycles. The maximum absolute atomic E-state index is 3.96. The molecule has 0 aromatic heterocycles. The number of nitrogens with zero attached hydrogens (tertiary/aromatic N) is 2. The largest absolute Gasteiger partial charge is 0.151 e. The van der Waals surface area contributed by atoms with Crippen LogP contribution in [0.2, 0.25) is 0 Å². The number of hydrogen-bond acceptors (Lipinski definition) is 7.